The van der Waals surface area contributed by atoms with Crippen molar-refractivity contribution in [1.82, 2.24) is 14.6 Å². The first-order valence-electron chi connectivity index (χ1n) is 8.33. The maximum atomic E-state index is 12.4. The number of fused-ring (bicyclic) bond motifs is 1. The number of rotatable bonds is 6. The highest BCUT2D eigenvalue weighted by atomic mass is 32.2. The van der Waals surface area contributed by atoms with E-state index in [1.165, 1.54) is 23.1 Å². The smallest absolute Gasteiger partial charge is 0.251 e. The molecule has 0 saturated heterocycles. The molecule has 7 nitrogen and oxygen atoms in total. The van der Waals surface area contributed by atoms with Crippen molar-refractivity contribution in [2.75, 3.05) is 11.1 Å². The lowest BCUT2D eigenvalue weighted by molar-refractivity contribution is -0.113. The van der Waals surface area contributed by atoms with Gasteiger partial charge in [0.2, 0.25) is 5.91 Å². The van der Waals surface area contributed by atoms with Crippen molar-refractivity contribution < 1.29 is 9.59 Å². The molecule has 0 saturated carbocycles. The molecule has 1 aromatic carbocycles. The second-order valence-corrected chi connectivity index (χ2v) is 7.83. The summed E-state index contributed by atoms with van der Waals surface area (Å²) in [6.07, 6.45) is 1.84. The second-order valence-electron chi connectivity index (χ2n) is 5.83. The molecule has 0 aliphatic rings. The van der Waals surface area contributed by atoms with Gasteiger partial charge in [0.1, 0.15) is 5.00 Å². The highest BCUT2D eigenvalue weighted by molar-refractivity contribution is 7.99. The third-order valence-electron chi connectivity index (χ3n) is 3.92. The number of hydrogen-bond acceptors (Lipinski definition) is 6. The molecule has 4 aromatic rings. The van der Waals surface area contributed by atoms with Gasteiger partial charge in [0.05, 0.1) is 11.3 Å². The Balaban J connectivity index is 1.49. The molecule has 0 spiro atoms. The number of carbonyl (C=O) groups is 2. The number of nitrogens with two attached hydrogens (primary N) is 1. The quantitative estimate of drug-likeness (QED) is 0.476. The molecule has 0 radical (unpaired) electrons. The minimum Gasteiger partial charge on any atom is -0.366 e. The van der Waals surface area contributed by atoms with Gasteiger partial charge in [-0.25, -0.2) is 0 Å². The van der Waals surface area contributed by atoms with Crippen LogP contribution in [0, 0.1) is 0 Å². The predicted molar refractivity (Wildman–Crippen MR) is 111 cm³/mol. The minimum atomic E-state index is -0.579. The number of thioether (sulfide) groups is 1. The van der Waals surface area contributed by atoms with Gasteiger partial charge in [-0.1, -0.05) is 48.2 Å². The summed E-state index contributed by atoms with van der Waals surface area (Å²) in [6, 6.07) is 16.9. The maximum Gasteiger partial charge on any atom is 0.251 e. The Morgan fingerprint density at radius 3 is 2.68 bits per heavy atom. The minimum absolute atomic E-state index is 0.131. The number of thiophene rings is 1. The number of anilines is 1. The summed E-state index contributed by atoms with van der Waals surface area (Å²) in [6.45, 7) is 0. The van der Waals surface area contributed by atoms with Crippen LogP contribution in [0.1, 0.15) is 10.4 Å². The van der Waals surface area contributed by atoms with E-state index in [4.69, 9.17) is 5.73 Å². The average Bonchev–Trinajstić information content (AvgIpc) is 3.31. The van der Waals surface area contributed by atoms with E-state index in [2.05, 4.69) is 15.5 Å². The highest BCUT2D eigenvalue weighted by Crippen LogP contribution is 2.35. The molecular formula is C19H15N5O2S2. The largest absolute Gasteiger partial charge is 0.366 e. The Hall–Kier alpha value is -3.17. The zero-order valence-electron chi connectivity index (χ0n) is 14.5. The van der Waals surface area contributed by atoms with Crippen LogP contribution in [-0.4, -0.2) is 32.2 Å². The number of nitrogens with zero attached hydrogens (tertiary/aromatic N) is 3. The molecule has 0 bridgehead atoms. The van der Waals surface area contributed by atoms with Crippen molar-refractivity contribution in [3.8, 4) is 10.4 Å². The van der Waals surface area contributed by atoms with Gasteiger partial charge in [0, 0.05) is 11.1 Å². The van der Waals surface area contributed by atoms with Crippen LogP contribution in [0.3, 0.4) is 0 Å². The number of benzene rings is 1. The van der Waals surface area contributed by atoms with Crippen molar-refractivity contribution in [2.24, 2.45) is 5.73 Å². The Morgan fingerprint density at radius 2 is 1.89 bits per heavy atom. The van der Waals surface area contributed by atoms with E-state index in [0.717, 1.165) is 10.4 Å². The first-order chi connectivity index (χ1) is 13.6. The van der Waals surface area contributed by atoms with Crippen molar-refractivity contribution in [3.05, 3.63) is 66.4 Å². The van der Waals surface area contributed by atoms with Crippen LogP contribution in [0.25, 0.3) is 16.1 Å². The number of carbonyl (C=O) groups excluding carboxylic acids is 2. The molecule has 28 heavy (non-hydrogen) atoms. The Labute approximate surface area is 168 Å². The van der Waals surface area contributed by atoms with Crippen molar-refractivity contribution in [2.45, 2.75) is 5.16 Å². The van der Waals surface area contributed by atoms with Gasteiger partial charge in [0.15, 0.2) is 10.8 Å². The molecule has 0 fully saturated rings. The molecule has 140 valence electrons. The molecular weight excluding hydrogens is 394 g/mol. The molecule has 4 rings (SSSR count). The molecule has 0 unspecified atom stereocenters. The third-order valence-corrected chi connectivity index (χ3v) is 5.97. The monoisotopic (exact) mass is 409 g/mol. The van der Waals surface area contributed by atoms with Crippen molar-refractivity contribution in [3.63, 3.8) is 0 Å². The Morgan fingerprint density at radius 1 is 1.11 bits per heavy atom. The Bertz CT molecular complexity index is 1150. The molecule has 3 N–H and O–H groups in total. The number of hydrogen-bond donors (Lipinski definition) is 2. The summed E-state index contributed by atoms with van der Waals surface area (Å²) in [5.74, 6) is -0.696. The summed E-state index contributed by atoms with van der Waals surface area (Å²) in [4.78, 5) is 25.1. The zero-order valence-corrected chi connectivity index (χ0v) is 16.2. The van der Waals surface area contributed by atoms with Crippen molar-refractivity contribution in [1.29, 1.82) is 0 Å². The number of nitrogens with one attached hydrogen (secondary N) is 1. The fraction of sp³-hybridized carbons (Fsp3) is 0.0526. The van der Waals surface area contributed by atoms with Gasteiger partial charge in [-0.2, -0.15) is 0 Å². The topological polar surface area (TPSA) is 102 Å². The lowest BCUT2D eigenvalue weighted by Crippen LogP contribution is -2.17. The maximum absolute atomic E-state index is 12.4. The van der Waals surface area contributed by atoms with Gasteiger partial charge in [-0.15, -0.1) is 21.5 Å². The van der Waals surface area contributed by atoms with Crippen LogP contribution in [0.5, 0.6) is 0 Å². The van der Waals surface area contributed by atoms with Crippen LogP contribution in [-0.2, 0) is 4.79 Å². The molecule has 0 atom stereocenters. The lowest BCUT2D eigenvalue weighted by atomic mass is 10.1. The fourth-order valence-electron chi connectivity index (χ4n) is 2.62. The van der Waals surface area contributed by atoms with E-state index in [0.29, 0.717) is 21.4 Å². The average molecular weight is 409 g/mol. The molecule has 0 aliphatic carbocycles. The van der Waals surface area contributed by atoms with Gasteiger partial charge >= 0.3 is 0 Å². The molecule has 3 aromatic heterocycles. The van der Waals surface area contributed by atoms with Gasteiger partial charge in [-0.05, 0) is 23.8 Å². The van der Waals surface area contributed by atoms with E-state index in [1.54, 1.807) is 6.07 Å². The Kier molecular flexibility index (Phi) is 5.09. The summed E-state index contributed by atoms with van der Waals surface area (Å²) in [5.41, 5.74) is 7.46. The van der Waals surface area contributed by atoms with Crippen LogP contribution in [0.2, 0.25) is 0 Å². The highest BCUT2D eigenvalue weighted by Gasteiger charge is 2.17. The van der Waals surface area contributed by atoms with Crippen LogP contribution < -0.4 is 11.1 Å². The van der Waals surface area contributed by atoms with Gasteiger partial charge in [0.25, 0.3) is 5.91 Å². The van der Waals surface area contributed by atoms with E-state index in [9.17, 15) is 9.59 Å². The van der Waals surface area contributed by atoms with Crippen LogP contribution >= 0.6 is 23.1 Å². The first kappa shape index (κ1) is 18.2. The summed E-state index contributed by atoms with van der Waals surface area (Å²) in [5, 5.41) is 12.0. The number of amides is 2. The third kappa shape index (κ3) is 3.75. The normalized spacial score (nSPS) is 10.9. The van der Waals surface area contributed by atoms with E-state index < -0.39 is 5.91 Å². The fourth-order valence-corrected chi connectivity index (χ4v) is 4.43. The molecule has 9 heteroatoms. The van der Waals surface area contributed by atoms with E-state index in [1.807, 2.05) is 59.1 Å². The standard InChI is InChI=1S/C19H15N5O2S2/c20-17(26)13-10-14(12-6-2-1-3-7-12)28-18(13)21-16(25)11-27-19-23-22-15-8-4-5-9-24(15)19/h1-10H,11H2,(H2,20,26)(H,21,25). The van der Waals surface area contributed by atoms with Gasteiger partial charge < -0.3 is 11.1 Å². The number of primary amides is 1. The van der Waals surface area contributed by atoms with E-state index in [-0.39, 0.29) is 11.7 Å². The SMILES string of the molecule is NC(=O)c1cc(-c2ccccc2)sc1NC(=O)CSc1nnc2ccccn12. The number of aromatic nitrogens is 3. The number of pyridine rings is 1. The van der Waals surface area contributed by atoms with Crippen LogP contribution in [0.15, 0.2) is 66.0 Å². The lowest BCUT2D eigenvalue weighted by Gasteiger charge is -2.04. The predicted octanol–water partition coefficient (Wildman–Crippen LogP) is 3.29. The first-order valence-corrected chi connectivity index (χ1v) is 10.1. The molecule has 0 aliphatic heterocycles. The summed E-state index contributed by atoms with van der Waals surface area (Å²) >= 11 is 2.59. The molecule has 3 heterocycles. The van der Waals surface area contributed by atoms with Gasteiger partial charge in [-0.3, -0.25) is 14.0 Å². The summed E-state index contributed by atoms with van der Waals surface area (Å²) < 4.78 is 1.81. The summed E-state index contributed by atoms with van der Waals surface area (Å²) in [7, 11) is 0. The van der Waals surface area contributed by atoms with Crippen molar-refractivity contribution >= 4 is 45.6 Å². The zero-order chi connectivity index (χ0) is 19.5. The van der Waals surface area contributed by atoms with Crippen LogP contribution in [0.4, 0.5) is 5.00 Å². The second kappa shape index (κ2) is 7.83. The van der Waals surface area contributed by atoms with E-state index >= 15 is 0 Å². The molecule has 2 amide bonds.